The van der Waals surface area contributed by atoms with Gasteiger partial charge in [-0.3, -0.25) is 4.79 Å². The van der Waals surface area contributed by atoms with Gasteiger partial charge in [-0.2, -0.15) is 0 Å². The van der Waals surface area contributed by atoms with Gasteiger partial charge in [0.25, 0.3) is 5.91 Å². The first-order valence-corrected chi connectivity index (χ1v) is 5.26. The summed E-state index contributed by atoms with van der Waals surface area (Å²) in [6, 6.07) is 6.62. The quantitative estimate of drug-likeness (QED) is 0.887. The molecule has 0 aliphatic rings. The molecular formula is C13H10F2N2O. The van der Waals surface area contributed by atoms with Crippen molar-refractivity contribution in [1.29, 1.82) is 0 Å². The van der Waals surface area contributed by atoms with E-state index in [2.05, 4.69) is 10.3 Å². The summed E-state index contributed by atoms with van der Waals surface area (Å²) in [5, 5.41) is 2.35. The largest absolute Gasteiger partial charge is 0.306 e. The molecule has 92 valence electrons. The van der Waals surface area contributed by atoms with E-state index in [9.17, 15) is 13.6 Å². The number of benzene rings is 1. The van der Waals surface area contributed by atoms with E-state index in [1.165, 1.54) is 12.3 Å². The Morgan fingerprint density at radius 1 is 1.22 bits per heavy atom. The monoisotopic (exact) mass is 248 g/mol. The number of hydrogen-bond donors (Lipinski definition) is 1. The number of pyridine rings is 1. The van der Waals surface area contributed by atoms with Crippen LogP contribution in [-0.2, 0) is 0 Å². The van der Waals surface area contributed by atoms with Crippen LogP contribution in [0.2, 0.25) is 0 Å². The van der Waals surface area contributed by atoms with Crippen molar-refractivity contribution in [2.45, 2.75) is 6.92 Å². The van der Waals surface area contributed by atoms with Crippen LogP contribution in [0.15, 0.2) is 36.5 Å². The zero-order valence-corrected chi connectivity index (χ0v) is 9.58. The van der Waals surface area contributed by atoms with E-state index in [1.54, 1.807) is 12.1 Å². The molecule has 1 heterocycles. The molecule has 5 heteroatoms. The number of aromatic nitrogens is 1. The van der Waals surface area contributed by atoms with Gasteiger partial charge in [0.2, 0.25) is 0 Å². The van der Waals surface area contributed by atoms with Crippen molar-refractivity contribution < 1.29 is 13.6 Å². The van der Waals surface area contributed by atoms with Gasteiger partial charge in [0.05, 0.1) is 0 Å². The van der Waals surface area contributed by atoms with Gasteiger partial charge in [0.1, 0.15) is 23.0 Å². The average Bonchev–Trinajstić information content (AvgIpc) is 2.28. The zero-order valence-electron chi connectivity index (χ0n) is 9.58. The fourth-order valence-corrected chi connectivity index (χ4v) is 1.50. The molecule has 0 aliphatic heterocycles. The molecule has 0 saturated carbocycles. The van der Waals surface area contributed by atoms with Crippen LogP contribution in [-0.4, -0.2) is 10.9 Å². The Morgan fingerprint density at radius 3 is 2.50 bits per heavy atom. The van der Waals surface area contributed by atoms with Crippen LogP contribution in [0.1, 0.15) is 15.9 Å². The number of nitrogens with zero attached hydrogens (tertiary/aromatic N) is 1. The number of carbonyl (C=O) groups is 1. The zero-order chi connectivity index (χ0) is 13.1. The Hall–Kier alpha value is -2.30. The number of rotatable bonds is 2. The van der Waals surface area contributed by atoms with Crippen molar-refractivity contribution in [1.82, 2.24) is 4.98 Å². The van der Waals surface area contributed by atoms with Crippen LogP contribution in [0.4, 0.5) is 14.6 Å². The predicted octanol–water partition coefficient (Wildman–Crippen LogP) is 2.92. The predicted molar refractivity (Wildman–Crippen MR) is 63.3 cm³/mol. The average molecular weight is 248 g/mol. The van der Waals surface area contributed by atoms with Crippen LogP contribution in [0, 0.1) is 18.6 Å². The molecule has 0 atom stereocenters. The molecule has 18 heavy (non-hydrogen) atoms. The van der Waals surface area contributed by atoms with Gasteiger partial charge in [-0.05, 0) is 36.8 Å². The van der Waals surface area contributed by atoms with Crippen LogP contribution in [0.25, 0.3) is 0 Å². The summed E-state index contributed by atoms with van der Waals surface area (Å²) in [4.78, 5) is 15.6. The Labute approximate surface area is 102 Å². The van der Waals surface area contributed by atoms with Crippen molar-refractivity contribution in [3.8, 4) is 0 Å². The number of aryl methyl sites for hydroxylation is 1. The Bertz CT molecular complexity index is 579. The third-order valence-electron chi connectivity index (χ3n) is 2.35. The fraction of sp³-hybridized carbons (Fsp3) is 0.0769. The Balaban J connectivity index is 2.28. The number of amides is 1. The molecule has 2 rings (SSSR count). The van der Waals surface area contributed by atoms with Gasteiger partial charge < -0.3 is 5.32 Å². The molecule has 1 aromatic heterocycles. The molecule has 0 unspecified atom stereocenters. The van der Waals surface area contributed by atoms with Gasteiger partial charge in [-0.1, -0.05) is 6.07 Å². The normalized spacial score (nSPS) is 10.2. The van der Waals surface area contributed by atoms with E-state index in [0.29, 0.717) is 0 Å². The number of anilines is 1. The SMILES string of the molecule is Cc1ccnc(NC(=O)c2c(F)cccc2F)c1. The van der Waals surface area contributed by atoms with Crippen molar-refractivity contribution >= 4 is 11.7 Å². The molecule has 0 fully saturated rings. The van der Waals surface area contributed by atoms with E-state index in [-0.39, 0.29) is 5.82 Å². The van der Waals surface area contributed by atoms with E-state index in [1.807, 2.05) is 6.92 Å². The number of halogens is 2. The second-order valence-electron chi connectivity index (χ2n) is 3.77. The topological polar surface area (TPSA) is 42.0 Å². The number of nitrogens with one attached hydrogen (secondary N) is 1. The summed E-state index contributed by atoms with van der Waals surface area (Å²) < 4.78 is 26.7. The first-order valence-electron chi connectivity index (χ1n) is 5.26. The maximum atomic E-state index is 13.4. The number of carbonyl (C=O) groups excluding carboxylic acids is 1. The van der Waals surface area contributed by atoms with Gasteiger partial charge in [-0.15, -0.1) is 0 Å². The highest BCUT2D eigenvalue weighted by Crippen LogP contribution is 2.14. The summed E-state index contributed by atoms with van der Waals surface area (Å²) in [5.41, 5.74) is 0.273. The lowest BCUT2D eigenvalue weighted by Crippen LogP contribution is -2.16. The molecule has 0 radical (unpaired) electrons. The molecule has 0 aliphatic carbocycles. The fourth-order valence-electron chi connectivity index (χ4n) is 1.50. The maximum absolute atomic E-state index is 13.4. The Morgan fingerprint density at radius 2 is 1.89 bits per heavy atom. The highest BCUT2D eigenvalue weighted by molar-refractivity contribution is 6.04. The van der Waals surface area contributed by atoms with E-state index >= 15 is 0 Å². The summed E-state index contributed by atoms with van der Waals surface area (Å²) in [5.74, 6) is -2.41. The van der Waals surface area contributed by atoms with Crippen LogP contribution < -0.4 is 5.32 Å². The summed E-state index contributed by atoms with van der Waals surface area (Å²) >= 11 is 0. The third kappa shape index (κ3) is 2.51. The Kier molecular flexibility index (Phi) is 3.32. The van der Waals surface area contributed by atoms with Gasteiger partial charge in [-0.25, -0.2) is 13.8 Å². The van der Waals surface area contributed by atoms with Crippen LogP contribution >= 0.6 is 0 Å². The minimum absolute atomic E-state index is 0.252. The lowest BCUT2D eigenvalue weighted by Gasteiger charge is -2.06. The second-order valence-corrected chi connectivity index (χ2v) is 3.77. The smallest absolute Gasteiger partial charge is 0.262 e. The lowest BCUT2D eigenvalue weighted by atomic mass is 10.2. The molecular weight excluding hydrogens is 238 g/mol. The third-order valence-corrected chi connectivity index (χ3v) is 2.35. The first kappa shape index (κ1) is 12.2. The van der Waals surface area contributed by atoms with Gasteiger partial charge in [0.15, 0.2) is 0 Å². The first-order chi connectivity index (χ1) is 8.58. The molecule has 2 aromatic rings. The highest BCUT2D eigenvalue weighted by atomic mass is 19.1. The van der Waals surface area contributed by atoms with Gasteiger partial charge in [0, 0.05) is 6.20 Å². The summed E-state index contributed by atoms with van der Waals surface area (Å²) in [6.45, 7) is 1.82. The molecule has 1 amide bonds. The minimum Gasteiger partial charge on any atom is -0.306 e. The van der Waals surface area contributed by atoms with Crippen LogP contribution in [0.5, 0.6) is 0 Å². The van der Waals surface area contributed by atoms with Gasteiger partial charge >= 0.3 is 0 Å². The standard InChI is InChI=1S/C13H10F2N2O/c1-8-5-6-16-11(7-8)17-13(18)12-9(14)3-2-4-10(12)15/h2-7H,1H3,(H,16,17,18). The van der Waals surface area contributed by atoms with Crippen molar-refractivity contribution in [2.75, 3.05) is 5.32 Å². The minimum atomic E-state index is -0.903. The molecule has 0 bridgehead atoms. The van der Waals surface area contributed by atoms with Crippen LogP contribution in [0.3, 0.4) is 0 Å². The van der Waals surface area contributed by atoms with E-state index < -0.39 is 23.1 Å². The van der Waals surface area contributed by atoms with E-state index in [0.717, 1.165) is 17.7 Å². The van der Waals surface area contributed by atoms with Crippen molar-refractivity contribution in [2.24, 2.45) is 0 Å². The summed E-state index contributed by atoms with van der Waals surface area (Å²) in [6.07, 6.45) is 1.50. The molecule has 1 aromatic carbocycles. The second kappa shape index (κ2) is 4.91. The molecule has 0 saturated heterocycles. The molecule has 1 N–H and O–H groups in total. The lowest BCUT2D eigenvalue weighted by molar-refractivity contribution is 0.101. The highest BCUT2D eigenvalue weighted by Gasteiger charge is 2.17. The summed E-state index contributed by atoms with van der Waals surface area (Å²) in [7, 11) is 0. The van der Waals surface area contributed by atoms with Crippen molar-refractivity contribution in [3.05, 3.63) is 59.3 Å². The molecule has 0 spiro atoms. The molecule has 3 nitrogen and oxygen atoms in total. The van der Waals surface area contributed by atoms with E-state index in [4.69, 9.17) is 0 Å². The van der Waals surface area contributed by atoms with Crippen molar-refractivity contribution in [3.63, 3.8) is 0 Å². The maximum Gasteiger partial charge on any atom is 0.262 e. The number of hydrogen-bond acceptors (Lipinski definition) is 2.